The molecule has 3 heterocycles. The third-order valence-electron chi connectivity index (χ3n) is 5.84. The Hall–Kier alpha value is -2.37. The lowest BCUT2D eigenvalue weighted by atomic mass is 9.88. The average molecular weight is 357 g/mol. The minimum absolute atomic E-state index is 0.0187. The van der Waals surface area contributed by atoms with Gasteiger partial charge in [0.25, 0.3) is 5.91 Å². The third kappa shape index (κ3) is 3.08. The monoisotopic (exact) mass is 357 g/mol. The second-order valence-electron chi connectivity index (χ2n) is 7.49. The van der Waals surface area contributed by atoms with E-state index in [4.69, 9.17) is 0 Å². The number of hydrogen-bond acceptors (Lipinski definition) is 2. The molecule has 0 saturated carbocycles. The van der Waals surface area contributed by atoms with Gasteiger partial charge in [-0.3, -0.25) is 9.59 Å². The van der Waals surface area contributed by atoms with Crippen LogP contribution in [-0.2, 0) is 4.79 Å². The van der Waals surface area contributed by atoms with Crippen molar-refractivity contribution < 1.29 is 14.0 Å². The lowest BCUT2D eigenvalue weighted by molar-refractivity contribution is -0.131. The quantitative estimate of drug-likeness (QED) is 0.852. The van der Waals surface area contributed by atoms with Crippen molar-refractivity contribution in [3.05, 3.63) is 35.8 Å². The van der Waals surface area contributed by atoms with E-state index >= 15 is 0 Å². The number of halogens is 1. The van der Waals surface area contributed by atoms with Crippen molar-refractivity contribution in [1.29, 1.82) is 0 Å². The van der Waals surface area contributed by atoms with Crippen molar-refractivity contribution in [3.63, 3.8) is 0 Å². The number of carbonyl (C=O) groups excluding carboxylic acids is 2. The molecule has 2 saturated heterocycles. The number of hydrogen-bond donors (Lipinski definition) is 1. The molecule has 2 amide bonds. The summed E-state index contributed by atoms with van der Waals surface area (Å²) >= 11 is 0. The predicted molar refractivity (Wildman–Crippen MR) is 97.3 cm³/mol. The number of fused-ring (bicyclic) bond motifs is 2. The maximum absolute atomic E-state index is 13.4. The van der Waals surface area contributed by atoms with E-state index in [0.717, 1.165) is 44.2 Å². The first-order chi connectivity index (χ1) is 12.5. The van der Waals surface area contributed by atoms with E-state index in [1.165, 1.54) is 12.1 Å². The number of aromatic amines is 1. The van der Waals surface area contributed by atoms with Gasteiger partial charge in [-0.2, -0.15) is 0 Å². The van der Waals surface area contributed by atoms with Crippen LogP contribution in [0.15, 0.2) is 24.3 Å². The number of amides is 2. The molecule has 5 nitrogen and oxygen atoms in total. The Balaban J connectivity index is 1.60. The highest BCUT2D eigenvalue weighted by Crippen LogP contribution is 2.31. The van der Waals surface area contributed by atoms with E-state index in [9.17, 15) is 14.0 Å². The molecule has 0 bridgehead atoms. The SMILES string of the molecule is CC(=O)N1CC[C@@H]2[C@H](CCCCN2C(=O)c2cc3ccc(F)cc3[nH]2)C1. The van der Waals surface area contributed by atoms with Crippen LogP contribution in [0.2, 0.25) is 0 Å². The summed E-state index contributed by atoms with van der Waals surface area (Å²) in [6.45, 7) is 3.80. The van der Waals surface area contributed by atoms with Gasteiger partial charge in [-0.25, -0.2) is 4.39 Å². The number of benzene rings is 1. The molecule has 1 aromatic heterocycles. The Bertz CT molecular complexity index is 847. The van der Waals surface area contributed by atoms with Crippen LogP contribution < -0.4 is 0 Å². The van der Waals surface area contributed by atoms with Gasteiger partial charge >= 0.3 is 0 Å². The molecule has 2 aliphatic heterocycles. The van der Waals surface area contributed by atoms with Gasteiger partial charge < -0.3 is 14.8 Å². The summed E-state index contributed by atoms with van der Waals surface area (Å²) in [5, 5.41) is 0.840. The van der Waals surface area contributed by atoms with Crippen LogP contribution in [0.3, 0.4) is 0 Å². The van der Waals surface area contributed by atoms with Crippen LogP contribution >= 0.6 is 0 Å². The maximum atomic E-state index is 13.4. The number of H-pyrrole nitrogens is 1. The number of nitrogens with zero attached hydrogens (tertiary/aromatic N) is 2. The smallest absolute Gasteiger partial charge is 0.270 e. The van der Waals surface area contributed by atoms with Crippen molar-refractivity contribution >= 4 is 22.7 Å². The van der Waals surface area contributed by atoms with E-state index in [0.29, 0.717) is 23.7 Å². The standard InChI is InChI=1S/C20H24FN3O2/c1-13(25)23-9-7-19-15(12-23)4-2-3-8-24(19)20(26)18-10-14-5-6-16(21)11-17(14)22-18/h5-6,10-11,15,19,22H,2-4,7-9,12H2,1H3/t15-,19-/m1/s1. The third-order valence-corrected chi connectivity index (χ3v) is 5.84. The van der Waals surface area contributed by atoms with Crippen LogP contribution in [0, 0.1) is 11.7 Å². The fourth-order valence-electron chi connectivity index (χ4n) is 4.48. The van der Waals surface area contributed by atoms with Gasteiger partial charge in [0, 0.05) is 43.5 Å². The summed E-state index contributed by atoms with van der Waals surface area (Å²) < 4.78 is 13.4. The van der Waals surface area contributed by atoms with Crippen LogP contribution in [-0.4, -0.2) is 52.3 Å². The van der Waals surface area contributed by atoms with E-state index in [2.05, 4.69) is 4.98 Å². The molecule has 26 heavy (non-hydrogen) atoms. The van der Waals surface area contributed by atoms with Crippen LogP contribution in [0.1, 0.15) is 43.1 Å². The van der Waals surface area contributed by atoms with Gasteiger partial charge in [0.2, 0.25) is 5.91 Å². The van der Waals surface area contributed by atoms with E-state index in [1.807, 2.05) is 15.9 Å². The first-order valence-electron chi connectivity index (χ1n) is 9.37. The molecule has 0 unspecified atom stereocenters. The molecular formula is C20H24FN3O2. The molecule has 6 heteroatoms. The van der Waals surface area contributed by atoms with Crippen molar-refractivity contribution in [3.8, 4) is 0 Å². The van der Waals surface area contributed by atoms with Crippen molar-refractivity contribution in [2.24, 2.45) is 5.92 Å². The molecule has 0 spiro atoms. The van der Waals surface area contributed by atoms with E-state index in [1.54, 1.807) is 13.0 Å². The first-order valence-corrected chi connectivity index (χ1v) is 9.37. The molecule has 1 N–H and O–H groups in total. The zero-order chi connectivity index (χ0) is 18.3. The highest BCUT2D eigenvalue weighted by Gasteiger charge is 2.38. The highest BCUT2D eigenvalue weighted by atomic mass is 19.1. The number of rotatable bonds is 1. The average Bonchev–Trinajstić information content (AvgIpc) is 2.92. The fraction of sp³-hybridized carbons (Fsp3) is 0.500. The van der Waals surface area contributed by atoms with Crippen LogP contribution in [0.25, 0.3) is 10.9 Å². The topological polar surface area (TPSA) is 56.4 Å². The molecule has 2 fully saturated rings. The minimum Gasteiger partial charge on any atom is -0.350 e. The van der Waals surface area contributed by atoms with Crippen molar-refractivity contribution in [2.45, 2.75) is 38.6 Å². The molecule has 0 radical (unpaired) electrons. The van der Waals surface area contributed by atoms with Gasteiger partial charge in [-0.1, -0.05) is 6.42 Å². The van der Waals surface area contributed by atoms with Crippen LogP contribution in [0.5, 0.6) is 0 Å². The molecule has 2 aliphatic rings. The summed E-state index contributed by atoms with van der Waals surface area (Å²) in [4.78, 5) is 31.9. The lowest BCUT2D eigenvalue weighted by Crippen LogP contribution is -2.53. The zero-order valence-corrected chi connectivity index (χ0v) is 15.0. The Morgan fingerprint density at radius 2 is 2.00 bits per heavy atom. The Kier molecular flexibility index (Phi) is 4.42. The summed E-state index contributed by atoms with van der Waals surface area (Å²) in [6.07, 6.45) is 3.93. The number of nitrogens with one attached hydrogen (secondary N) is 1. The minimum atomic E-state index is -0.315. The number of likely N-dealkylation sites (tertiary alicyclic amines) is 2. The maximum Gasteiger partial charge on any atom is 0.270 e. The van der Waals surface area contributed by atoms with E-state index in [-0.39, 0.29) is 23.7 Å². The number of piperidine rings is 1. The van der Waals surface area contributed by atoms with Crippen molar-refractivity contribution in [2.75, 3.05) is 19.6 Å². The van der Waals surface area contributed by atoms with Gasteiger partial charge in [0.15, 0.2) is 0 Å². The fourth-order valence-corrected chi connectivity index (χ4v) is 4.48. The molecule has 2 atom stereocenters. The summed E-state index contributed by atoms with van der Waals surface area (Å²) in [7, 11) is 0. The Morgan fingerprint density at radius 3 is 2.81 bits per heavy atom. The first kappa shape index (κ1) is 17.1. The zero-order valence-electron chi connectivity index (χ0n) is 15.0. The van der Waals surface area contributed by atoms with Gasteiger partial charge in [0.05, 0.1) is 0 Å². The van der Waals surface area contributed by atoms with E-state index < -0.39 is 0 Å². The molecule has 1 aromatic carbocycles. The summed E-state index contributed by atoms with van der Waals surface area (Å²) in [6, 6.07) is 6.49. The molecule has 0 aliphatic carbocycles. The number of aromatic nitrogens is 1. The second kappa shape index (κ2) is 6.74. The lowest BCUT2D eigenvalue weighted by Gasteiger charge is -2.42. The molecular weight excluding hydrogens is 333 g/mol. The number of carbonyl (C=O) groups is 2. The summed E-state index contributed by atoms with van der Waals surface area (Å²) in [5.41, 5.74) is 1.16. The molecule has 4 rings (SSSR count). The van der Waals surface area contributed by atoms with Gasteiger partial charge in [-0.05, 0) is 49.4 Å². The Labute approximate surface area is 152 Å². The van der Waals surface area contributed by atoms with Crippen LogP contribution in [0.4, 0.5) is 4.39 Å². The Morgan fingerprint density at radius 1 is 1.15 bits per heavy atom. The molecule has 2 aromatic rings. The molecule has 138 valence electrons. The second-order valence-corrected chi connectivity index (χ2v) is 7.49. The summed E-state index contributed by atoms with van der Waals surface area (Å²) in [5.74, 6) is 0.115. The normalized spacial score (nSPS) is 23.6. The largest absolute Gasteiger partial charge is 0.350 e. The van der Waals surface area contributed by atoms with Gasteiger partial charge in [-0.15, -0.1) is 0 Å². The van der Waals surface area contributed by atoms with Crippen molar-refractivity contribution in [1.82, 2.24) is 14.8 Å². The predicted octanol–water partition coefficient (Wildman–Crippen LogP) is 3.17. The highest BCUT2D eigenvalue weighted by molar-refractivity contribution is 5.98. The van der Waals surface area contributed by atoms with Gasteiger partial charge in [0.1, 0.15) is 11.5 Å².